The van der Waals surface area contributed by atoms with Crippen molar-refractivity contribution >= 4 is 17.1 Å². The summed E-state index contributed by atoms with van der Waals surface area (Å²) in [5.74, 6) is 0. The molecule has 0 spiro atoms. The van der Waals surface area contributed by atoms with Gasteiger partial charge in [0.25, 0.3) is 0 Å². The zero-order valence-electron chi connectivity index (χ0n) is 10.7. The van der Waals surface area contributed by atoms with Crippen LogP contribution in [0.5, 0.6) is 0 Å². The quantitative estimate of drug-likeness (QED) is 0.895. The highest BCUT2D eigenvalue weighted by atomic mass is 15.1. The van der Waals surface area contributed by atoms with Crippen LogP contribution >= 0.6 is 0 Å². The molecule has 2 rings (SSSR count). The van der Waals surface area contributed by atoms with Gasteiger partial charge in [-0.2, -0.15) is 0 Å². The van der Waals surface area contributed by atoms with Crippen molar-refractivity contribution in [2.24, 2.45) is 0 Å². The molecular formula is C15H17N3. The first-order valence-electron chi connectivity index (χ1n) is 5.79. The second-order valence-corrected chi connectivity index (χ2v) is 4.30. The SMILES string of the molecule is C=C(c1cncc(N)c1)N(C)c1ccccc1C. The Labute approximate surface area is 108 Å². The monoisotopic (exact) mass is 239 g/mol. The van der Waals surface area contributed by atoms with E-state index in [0.29, 0.717) is 5.69 Å². The Balaban J connectivity index is 2.32. The third kappa shape index (κ3) is 2.35. The normalized spacial score (nSPS) is 10.1. The van der Waals surface area contributed by atoms with Gasteiger partial charge in [-0.25, -0.2) is 0 Å². The van der Waals surface area contributed by atoms with Crippen molar-refractivity contribution in [2.75, 3.05) is 17.7 Å². The summed E-state index contributed by atoms with van der Waals surface area (Å²) in [4.78, 5) is 6.14. The van der Waals surface area contributed by atoms with Gasteiger partial charge in [0.1, 0.15) is 0 Å². The molecule has 0 bridgehead atoms. The number of pyridine rings is 1. The van der Waals surface area contributed by atoms with E-state index < -0.39 is 0 Å². The molecule has 92 valence electrons. The van der Waals surface area contributed by atoms with Gasteiger partial charge in [-0.15, -0.1) is 0 Å². The van der Waals surface area contributed by atoms with E-state index in [2.05, 4.69) is 30.6 Å². The molecular weight excluding hydrogens is 222 g/mol. The van der Waals surface area contributed by atoms with Crippen molar-refractivity contribution in [3.8, 4) is 0 Å². The molecule has 1 heterocycles. The summed E-state index contributed by atoms with van der Waals surface area (Å²) in [6.07, 6.45) is 3.40. The minimum absolute atomic E-state index is 0.645. The molecule has 0 aliphatic carbocycles. The van der Waals surface area contributed by atoms with E-state index >= 15 is 0 Å². The molecule has 0 saturated heterocycles. The average molecular weight is 239 g/mol. The first-order valence-corrected chi connectivity index (χ1v) is 5.79. The van der Waals surface area contributed by atoms with Gasteiger partial charge in [-0.05, 0) is 24.6 Å². The summed E-state index contributed by atoms with van der Waals surface area (Å²) in [5.41, 5.74) is 10.5. The molecule has 3 heteroatoms. The van der Waals surface area contributed by atoms with E-state index in [9.17, 15) is 0 Å². The number of aromatic nitrogens is 1. The maximum Gasteiger partial charge on any atom is 0.0507 e. The molecule has 18 heavy (non-hydrogen) atoms. The smallest absolute Gasteiger partial charge is 0.0507 e. The number of rotatable bonds is 3. The van der Waals surface area contributed by atoms with Crippen LogP contribution in [0.3, 0.4) is 0 Å². The van der Waals surface area contributed by atoms with Crippen LogP contribution in [0.15, 0.2) is 49.3 Å². The fourth-order valence-electron chi connectivity index (χ4n) is 1.89. The Hall–Kier alpha value is -2.29. The number of hydrogen-bond acceptors (Lipinski definition) is 3. The lowest BCUT2D eigenvalue weighted by molar-refractivity contribution is 1.19. The Morgan fingerprint density at radius 1 is 1.28 bits per heavy atom. The van der Waals surface area contributed by atoms with Crippen molar-refractivity contribution in [3.63, 3.8) is 0 Å². The van der Waals surface area contributed by atoms with E-state index in [1.165, 1.54) is 5.56 Å². The number of nitrogens with two attached hydrogens (primary N) is 1. The van der Waals surface area contributed by atoms with Crippen LogP contribution in [0.1, 0.15) is 11.1 Å². The van der Waals surface area contributed by atoms with E-state index in [1.807, 2.05) is 30.1 Å². The molecule has 0 fully saturated rings. The van der Waals surface area contributed by atoms with Gasteiger partial charge in [-0.1, -0.05) is 24.8 Å². The van der Waals surface area contributed by atoms with Crippen molar-refractivity contribution < 1.29 is 0 Å². The number of aryl methyl sites for hydroxylation is 1. The zero-order valence-corrected chi connectivity index (χ0v) is 10.7. The Bertz CT molecular complexity index is 575. The molecule has 0 unspecified atom stereocenters. The minimum Gasteiger partial charge on any atom is -0.397 e. The third-order valence-electron chi connectivity index (χ3n) is 2.97. The molecule has 3 nitrogen and oxygen atoms in total. The Kier molecular flexibility index (Phi) is 3.33. The largest absolute Gasteiger partial charge is 0.397 e. The molecule has 0 aliphatic rings. The number of benzene rings is 1. The van der Waals surface area contributed by atoms with Crippen LogP contribution < -0.4 is 10.6 Å². The van der Waals surface area contributed by atoms with Crippen molar-refractivity contribution in [2.45, 2.75) is 6.92 Å². The molecule has 0 radical (unpaired) electrons. The van der Waals surface area contributed by atoms with E-state index in [-0.39, 0.29) is 0 Å². The number of nitrogen functional groups attached to an aromatic ring is 1. The summed E-state index contributed by atoms with van der Waals surface area (Å²) in [7, 11) is 1.99. The molecule has 0 amide bonds. The highest BCUT2D eigenvalue weighted by molar-refractivity contribution is 5.79. The second kappa shape index (κ2) is 4.92. The van der Waals surface area contributed by atoms with E-state index in [1.54, 1.807) is 12.4 Å². The Morgan fingerprint density at radius 3 is 2.67 bits per heavy atom. The molecule has 1 aromatic heterocycles. The summed E-state index contributed by atoms with van der Waals surface area (Å²) < 4.78 is 0. The van der Waals surface area contributed by atoms with Gasteiger partial charge in [0.15, 0.2) is 0 Å². The fraction of sp³-hybridized carbons (Fsp3) is 0.133. The van der Waals surface area contributed by atoms with Crippen molar-refractivity contribution in [1.29, 1.82) is 0 Å². The molecule has 0 atom stereocenters. The molecule has 2 aromatic rings. The van der Waals surface area contributed by atoms with Crippen LogP contribution in [0.25, 0.3) is 5.70 Å². The van der Waals surface area contributed by atoms with Gasteiger partial charge in [0.05, 0.1) is 5.69 Å². The predicted molar refractivity (Wildman–Crippen MR) is 77.3 cm³/mol. The van der Waals surface area contributed by atoms with Gasteiger partial charge < -0.3 is 10.6 Å². The number of para-hydroxylation sites is 1. The van der Waals surface area contributed by atoms with Crippen LogP contribution in [-0.4, -0.2) is 12.0 Å². The van der Waals surface area contributed by atoms with Gasteiger partial charge >= 0.3 is 0 Å². The number of anilines is 2. The van der Waals surface area contributed by atoms with Crippen molar-refractivity contribution in [3.05, 3.63) is 60.4 Å². The molecule has 0 aliphatic heterocycles. The topological polar surface area (TPSA) is 42.1 Å². The second-order valence-electron chi connectivity index (χ2n) is 4.30. The highest BCUT2D eigenvalue weighted by Gasteiger charge is 2.09. The number of nitrogens with zero attached hydrogens (tertiary/aromatic N) is 2. The van der Waals surface area contributed by atoms with Crippen LogP contribution in [-0.2, 0) is 0 Å². The Morgan fingerprint density at radius 2 is 2.00 bits per heavy atom. The molecule has 0 saturated carbocycles. The lowest BCUT2D eigenvalue weighted by Crippen LogP contribution is -2.15. The lowest BCUT2D eigenvalue weighted by atomic mass is 10.1. The maximum atomic E-state index is 5.74. The van der Waals surface area contributed by atoms with Crippen LogP contribution in [0.2, 0.25) is 0 Å². The molecule has 2 N–H and O–H groups in total. The highest BCUT2D eigenvalue weighted by Crippen LogP contribution is 2.26. The van der Waals surface area contributed by atoms with E-state index in [0.717, 1.165) is 16.9 Å². The zero-order chi connectivity index (χ0) is 13.1. The minimum atomic E-state index is 0.645. The predicted octanol–water partition coefficient (Wildman–Crippen LogP) is 3.08. The standard InChI is InChI=1S/C15H17N3/c1-11-6-4-5-7-15(11)18(3)12(2)13-8-14(16)10-17-9-13/h4-10H,2,16H2,1,3H3. The van der Waals surface area contributed by atoms with Crippen LogP contribution in [0, 0.1) is 6.92 Å². The maximum absolute atomic E-state index is 5.74. The third-order valence-corrected chi connectivity index (χ3v) is 2.97. The first kappa shape index (κ1) is 12.2. The van der Waals surface area contributed by atoms with E-state index in [4.69, 9.17) is 5.73 Å². The fourth-order valence-corrected chi connectivity index (χ4v) is 1.89. The summed E-state index contributed by atoms with van der Waals surface area (Å²) in [5, 5.41) is 0. The van der Waals surface area contributed by atoms with Gasteiger partial charge in [0.2, 0.25) is 0 Å². The van der Waals surface area contributed by atoms with Gasteiger partial charge in [0, 0.05) is 36.4 Å². The van der Waals surface area contributed by atoms with Crippen molar-refractivity contribution in [1.82, 2.24) is 4.98 Å². The lowest BCUT2D eigenvalue weighted by Gasteiger charge is -2.23. The van der Waals surface area contributed by atoms with Crippen LogP contribution in [0.4, 0.5) is 11.4 Å². The summed E-state index contributed by atoms with van der Waals surface area (Å²) in [6.45, 7) is 6.19. The summed E-state index contributed by atoms with van der Waals surface area (Å²) >= 11 is 0. The number of hydrogen-bond donors (Lipinski definition) is 1. The summed E-state index contributed by atoms with van der Waals surface area (Å²) in [6, 6.07) is 10.1. The first-order chi connectivity index (χ1) is 8.59. The van der Waals surface area contributed by atoms with Gasteiger partial charge in [-0.3, -0.25) is 4.98 Å². The molecule has 1 aromatic carbocycles. The average Bonchev–Trinajstić information content (AvgIpc) is 2.37.